The molecule has 0 spiro atoms. The second kappa shape index (κ2) is 8.13. The Labute approximate surface area is 141 Å². The van der Waals surface area contributed by atoms with E-state index in [4.69, 9.17) is 17.3 Å². The Balaban J connectivity index is 2.01. The number of hydrogen-bond donors (Lipinski definition) is 1. The molecule has 1 fully saturated rings. The lowest BCUT2D eigenvalue weighted by molar-refractivity contribution is -0.125. The number of nitrogens with zero attached hydrogens (tertiary/aromatic N) is 2. The summed E-state index contributed by atoms with van der Waals surface area (Å²) in [6, 6.07) is 7.48. The number of nitrogens with two attached hydrogens (primary N) is 1. The number of benzene rings is 1. The molecular formula is C17H22ClN3O2. The largest absolute Gasteiger partial charge is 0.369 e. The van der Waals surface area contributed by atoms with Crippen molar-refractivity contribution < 1.29 is 9.59 Å². The van der Waals surface area contributed by atoms with Crippen molar-refractivity contribution in [3.05, 3.63) is 40.9 Å². The maximum atomic E-state index is 12.5. The molecule has 0 radical (unpaired) electrons. The first-order valence-electron chi connectivity index (χ1n) is 7.70. The Hall–Kier alpha value is -1.85. The summed E-state index contributed by atoms with van der Waals surface area (Å²) < 4.78 is 0. The van der Waals surface area contributed by atoms with Gasteiger partial charge in [-0.1, -0.05) is 29.8 Å². The summed E-state index contributed by atoms with van der Waals surface area (Å²) in [5, 5.41) is 0.637. The van der Waals surface area contributed by atoms with Gasteiger partial charge in [-0.3, -0.25) is 14.5 Å². The van der Waals surface area contributed by atoms with Crippen LogP contribution in [-0.4, -0.2) is 54.3 Å². The lowest BCUT2D eigenvalue weighted by Crippen LogP contribution is -2.37. The van der Waals surface area contributed by atoms with E-state index in [0.29, 0.717) is 24.7 Å². The highest BCUT2D eigenvalue weighted by Crippen LogP contribution is 2.23. The van der Waals surface area contributed by atoms with Gasteiger partial charge < -0.3 is 10.6 Å². The summed E-state index contributed by atoms with van der Waals surface area (Å²) in [6.45, 7) is 4.85. The molecule has 1 aromatic rings. The van der Waals surface area contributed by atoms with E-state index in [-0.39, 0.29) is 18.4 Å². The minimum absolute atomic E-state index is 0.0247. The van der Waals surface area contributed by atoms with Gasteiger partial charge in [0.15, 0.2) is 0 Å². The van der Waals surface area contributed by atoms with Gasteiger partial charge in [0.1, 0.15) is 0 Å². The van der Waals surface area contributed by atoms with Crippen molar-refractivity contribution in [2.24, 2.45) is 5.73 Å². The summed E-state index contributed by atoms with van der Waals surface area (Å²) in [5.74, 6) is -0.359. The van der Waals surface area contributed by atoms with Gasteiger partial charge >= 0.3 is 0 Å². The third-order valence-electron chi connectivity index (χ3n) is 3.92. The lowest BCUT2D eigenvalue weighted by Gasteiger charge is -2.20. The average molecular weight is 336 g/mol. The van der Waals surface area contributed by atoms with Crippen LogP contribution in [-0.2, 0) is 9.59 Å². The molecule has 0 atom stereocenters. The molecule has 0 aliphatic carbocycles. The maximum absolute atomic E-state index is 12.5. The average Bonchev–Trinajstić information content (AvgIpc) is 2.72. The van der Waals surface area contributed by atoms with E-state index in [9.17, 15) is 9.59 Å². The first-order chi connectivity index (χ1) is 11.0. The summed E-state index contributed by atoms with van der Waals surface area (Å²) >= 11 is 6.17. The molecule has 2 amide bonds. The van der Waals surface area contributed by atoms with E-state index in [0.717, 1.165) is 24.1 Å². The van der Waals surface area contributed by atoms with Gasteiger partial charge in [-0.15, -0.1) is 0 Å². The molecule has 1 saturated heterocycles. The molecule has 0 bridgehead atoms. The normalized spacial score (nSPS) is 17.0. The molecular weight excluding hydrogens is 314 g/mol. The number of amides is 2. The highest BCUT2D eigenvalue weighted by Gasteiger charge is 2.19. The van der Waals surface area contributed by atoms with E-state index in [1.165, 1.54) is 0 Å². The van der Waals surface area contributed by atoms with Crippen LogP contribution in [0.3, 0.4) is 0 Å². The first-order valence-corrected chi connectivity index (χ1v) is 8.08. The Morgan fingerprint density at radius 1 is 1.22 bits per heavy atom. The molecule has 0 saturated carbocycles. The number of hydrogen-bond acceptors (Lipinski definition) is 3. The van der Waals surface area contributed by atoms with Crippen molar-refractivity contribution in [2.75, 3.05) is 32.7 Å². The molecule has 1 aliphatic heterocycles. The molecule has 0 aromatic heterocycles. The van der Waals surface area contributed by atoms with Gasteiger partial charge in [0.05, 0.1) is 6.54 Å². The number of carbonyl (C=O) groups is 2. The molecule has 5 nitrogen and oxygen atoms in total. The molecule has 1 aromatic carbocycles. The standard InChI is InChI=1S/C17H22ClN3O2/c1-13(14-5-2-3-6-15(14)18)11-17(23)21-8-4-7-20(9-10-21)12-16(19)22/h2-3,5-6,11H,4,7-10,12H2,1H3,(H2,19,22)/b13-11-. The SMILES string of the molecule is C/C(=C/C(=O)N1CCCN(CC(N)=O)CC1)c1ccccc1Cl. The predicted molar refractivity (Wildman–Crippen MR) is 91.9 cm³/mol. The second-order valence-corrected chi connectivity index (χ2v) is 6.14. The maximum Gasteiger partial charge on any atom is 0.246 e. The fourth-order valence-electron chi connectivity index (χ4n) is 2.71. The molecule has 6 heteroatoms. The van der Waals surface area contributed by atoms with Crippen LogP contribution >= 0.6 is 11.6 Å². The zero-order chi connectivity index (χ0) is 16.8. The van der Waals surface area contributed by atoms with Crippen LogP contribution in [0.15, 0.2) is 30.3 Å². The highest BCUT2D eigenvalue weighted by molar-refractivity contribution is 6.32. The molecule has 2 rings (SSSR count). The molecule has 124 valence electrons. The van der Waals surface area contributed by atoms with Crippen LogP contribution in [0.5, 0.6) is 0 Å². The number of rotatable bonds is 4. The number of halogens is 1. The Kier molecular flexibility index (Phi) is 6.19. The Morgan fingerprint density at radius 3 is 2.65 bits per heavy atom. The molecule has 1 heterocycles. The smallest absolute Gasteiger partial charge is 0.246 e. The second-order valence-electron chi connectivity index (χ2n) is 5.73. The van der Waals surface area contributed by atoms with Gasteiger partial charge in [0, 0.05) is 37.3 Å². The number of carbonyl (C=O) groups excluding carboxylic acids is 2. The van der Waals surface area contributed by atoms with Gasteiger partial charge in [-0.25, -0.2) is 0 Å². The van der Waals surface area contributed by atoms with Crippen LogP contribution in [0.2, 0.25) is 5.02 Å². The van der Waals surface area contributed by atoms with Gasteiger partial charge in [-0.2, -0.15) is 0 Å². The summed E-state index contributed by atoms with van der Waals surface area (Å²) in [5.41, 5.74) is 6.94. The van der Waals surface area contributed by atoms with Crippen molar-refractivity contribution in [1.29, 1.82) is 0 Å². The highest BCUT2D eigenvalue weighted by atomic mass is 35.5. The van der Waals surface area contributed by atoms with Crippen LogP contribution in [0.4, 0.5) is 0 Å². The van der Waals surface area contributed by atoms with E-state index < -0.39 is 0 Å². The van der Waals surface area contributed by atoms with Crippen LogP contribution in [0.25, 0.3) is 5.57 Å². The van der Waals surface area contributed by atoms with Gasteiger partial charge in [0.2, 0.25) is 11.8 Å². The third kappa shape index (κ3) is 5.08. The van der Waals surface area contributed by atoms with E-state index in [1.807, 2.05) is 36.1 Å². The number of allylic oxidation sites excluding steroid dienone is 1. The Bertz CT molecular complexity index is 616. The Morgan fingerprint density at radius 2 is 1.96 bits per heavy atom. The fraction of sp³-hybridized carbons (Fsp3) is 0.412. The van der Waals surface area contributed by atoms with Crippen molar-refractivity contribution in [3.8, 4) is 0 Å². The first kappa shape index (κ1) is 17.5. The van der Waals surface area contributed by atoms with Crippen molar-refractivity contribution in [1.82, 2.24) is 9.80 Å². The zero-order valence-electron chi connectivity index (χ0n) is 13.3. The van der Waals surface area contributed by atoms with E-state index in [1.54, 1.807) is 11.0 Å². The lowest BCUT2D eigenvalue weighted by atomic mass is 10.1. The van der Waals surface area contributed by atoms with Crippen molar-refractivity contribution in [2.45, 2.75) is 13.3 Å². The van der Waals surface area contributed by atoms with Gasteiger partial charge in [-0.05, 0) is 30.5 Å². The molecule has 2 N–H and O–H groups in total. The summed E-state index contributed by atoms with van der Waals surface area (Å²) in [6.07, 6.45) is 2.46. The summed E-state index contributed by atoms with van der Waals surface area (Å²) in [4.78, 5) is 27.3. The summed E-state index contributed by atoms with van der Waals surface area (Å²) in [7, 11) is 0. The minimum atomic E-state index is -0.334. The van der Waals surface area contributed by atoms with Crippen molar-refractivity contribution in [3.63, 3.8) is 0 Å². The monoisotopic (exact) mass is 335 g/mol. The molecule has 0 unspecified atom stereocenters. The van der Waals surface area contributed by atoms with Crippen LogP contribution in [0, 0.1) is 0 Å². The topological polar surface area (TPSA) is 66.6 Å². The van der Waals surface area contributed by atoms with Crippen LogP contribution < -0.4 is 5.73 Å². The molecule has 1 aliphatic rings. The van der Waals surface area contributed by atoms with Crippen molar-refractivity contribution >= 4 is 29.0 Å². The molecule has 23 heavy (non-hydrogen) atoms. The van der Waals surface area contributed by atoms with Crippen LogP contribution in [0.1, 0.15) is 18.9 Å². The zero-order valence-corrected chi connectivity index (χ0v) is 14.1. The predicted octanol–water partition coefficient (Wildman–Crippen LogP) is 1.76. The third-order valence-corrected chi connectivity index (χ3v) is 4.25. The fourth-order valence-corrected chi connectivity index (χ4v) is 2.99. The quantitative estimate of drug-likeness (QED) is 0.853. The minimum Gasteiger partial charge on any atom is -0.369 e. The van der Waals surface area contributed by atoms with E-state index >= 15 is 0 Å². The van der Waals surface area contributed by atoms with Gasteiger partial charge in [0.25, 0.3) is 0 Å². The number of primary amides is 1. The van der Waals surface area contributed by atoms with E-state index in [2.05, 4.69) is 0 Å².